The molecule has 88 valence electrons. The van der Waals surface area contributed by atoms with E-state index in [2.05, 4.69) is 23.5 Å². The summed E-state index contributed by atoms with van der Waals surface area (Å²) >= 11 is 1.70. The Kier molecular flexibility index (Phi) is 5.19. The van der Waals surface area contributed by atoms with Crippen molar-refractivity contribution in [2.24, 2.45) is 11.0 Å². The van der Waals surface area contributed by atoms with Gasteiger partial charge in [0.15, 0.2) is 0 Å². The molecule has 0 spiro atoms. The minimum Gasteiger partial charge on any atom is -0.273 e. The lowest BCUT2D eigenvalue weighted by Crippen LogP contribution is -2.18. The van der Waals surface area contributed by atoms with E-state index in [-0.39, 0.29) is 5.91 Å². The van der Waals surface area contributed by atoms with Crippen LogP contribution in [0.3, 0.4) is 0 Å². The van der Waals surface area contributed by atoms with Crippen LogP contribution in [0, 0.1) is 5.92 Å². The van der Waals surface area contributed by atoms with Crippen molar-refractivity contribution in [2.45, 2.75) is 33.6 Å². The molecule has 0 saturated carbocycles. The van der Waals surface area contributed by atoms with Gasteiger partial charge in [0.2, 0.25) is 5.91 Å². The van der Waals surface area contributed by atoms with Crippen molar-refractivity contribution in [1.29, 1.82) is 0 Å². The van der Waals surface area contributed by atoms with Gasteiger partial charge in [0.05, 0.1) is 6.21 Å². The summed E-state index contributed by atoms with van der Waals surface area (Å²) in [7, 11) is 0. The molecule has 3 nitrogen and oxygen atoms in total. The summed E-state index contributed by atoms with van der Waals surface area (Å²) in [6, 6.07) is 4.10. The first kappa shape index (κ1) is 12.9. The quantitative estimate of drug-likeness (QED) is 0.622. The normalized spacial score (nSPS) is 11.2. The lowest BCUT2D eigenvalue weighted by Gasteiger charge is -2.01. The zero-order valence-corrected chi connectivity index (χ0v) is 10.8. The van der Waals surface area contributed by atoms with E-state index in [1.54, 1.807) is 17.6 Å². The molecule has 4 heteroatoms. The number of amides is 1. The number of nitrogens with zero attached hydrogens (tertiary/aromatic N) is 1. The van der Waals surface area contributed by atoms with Crippen LogP contribution in [0.1, 0.15) is 36.9 Å². The molecule has 0 atom stereocenters. The average Bonchev–Trinajstić information content (AvgIpc) is 2.64. The molecular formula is C12H18N2OS. The first-order chi connectivity index (χ1) is 7.61. The van der Waals surface area contributed by atoms with Gasteiger partial charge in [0, 0.05) is 16.2 Å². The van der Waals surface area contributed by atoms with Crippen molar-refractivity contribution in [1.82, 2.24) is 5.43 Å². The largest absolute Gasteiger partial charge is 0.273 e. The number of hydrogen-bond donors (Lipinski definition) is 1. The minimum atomic E-state index is -0.0291. The van der Waals surface area contributed by atoms with Gasteiger partial charge in [0.25, 0.3) is 0 Å². The van der Waals surface area contributed by atoms with Crippen LogP contribution in [0.25, 0.3) is 0 Å². The number of hydrazone groups is 1. The third kappa shape index (κ3) is 4.57. The summed E-state index contributed by atoms with van der Waals surface area (Å²) in [6.45, 7) is 6.14. The minimum absolute atomic E-state index is 0.0291. The van der Waals surface area contributed by atoms with E-state index in [4.69, 9.17) is 0 Å². The van der Waals surface area contributed by atoms with Crippen molar-refractivity contribution < 1.29 is 4.79 Å². The lowest BCUT2D eigenvalue weighted by atomic mass is 10.1. The fourth-order valence-electron chi connectivity index (χ4n) is 1.24. The summed E-state index contributed by atoms with van der Waals surface area (Å²) in [5.41, 5.74) is 2.53. The molecule has 1 aromatic heterocycles. The van der Waals surface area contributed by atoms with Gasteiger partial charge < -0.3 is 0 Å². The zero-order valence-electron chi connectivity index (χ0n) is 9.99. The van der Waals surface area contributed by atoms with E-state index in [1.165, 1.54) is 4.88 Å². The van der Waals surface area contributed by atoms with Crippen molar-refractivity contribution in [3.05, 3.63) is 21.9 Å². The number of hydrogen-bond acceptors (Lipinski definition) is 3. The molecule has 1 heterocycles. The van der Waals surface area contributed by atoms with E-state index in [1.807, 2.05) is 19.9 Å². The van der Waals surface area contributed by atoms with Gasteiger partial charge in [-0.25, -0.2) is 5.43 Å². The van der Waals surface area contributed by atoms with E-state index in [0.29, 0.717) is 12.3 Å². The predicted molar refractivity (Wildman–Crippen MR) is 68.9 cm³/mol. The molecule has 0 saturated heterocycles. The van der Waals surface area contributed by atoms with Crippen LogP contribution < -0.4 is 5.43 Å². The van der Waals surface area contributed by atoms with Gasteiger partial charge in [-0.1, -0.05) is 20.8 Å². The molecule has 1 N–H and O–H groups in total. The number of rotatable bonds is 5. The fourth-order valence-corrected chi connectivity index (χ4v) is 2.06. The standard InChI is InChI=1S/C12H18N2OS/c1-4-10-5-6-11(16-10)8-13-14-12(15)7-9(2)3/h5-6,8-9H,4,7H2,1-3H3,(H,14,15). The summed E-state index contributed by atoms with van der Waals surface area (Å²) in [5.74, 6) is 0.335. The molecule has 0 unspecified atom stereocenters. The summed E-state index contributed by atoms with van der Waals surface area (Å²) in [6.07, 6.45) is 3.25. The van der Waals surface area contributed by atoms with Gasteiger partial charge >= 0.3 is 0 Å². The maximum atomic E-state index is 11.3. The van der Waals surface area contributed by atoms with Gasteiger partial charge in [0.1, 0.15) is 0 Å². The molecule has 0 aromatic carbocycles. The van der Waals surface area contributed by atoms with Gasteiger partial charge in [-0.15, -0.1) is 11.3 Å². The van der Waals surface area contributed by atoms with Gasteiger partial charge in [-0.3, -0.25) is 4.79 Å². The van der Waals surface area contributed by atoms with Crippen LogP contribution in [0.5, 0.6) is 0 Å². The van der Waals surface area contributed by atoms with Crippen LogP contribution in [0.15, 0.2) is 17.2 Å². The molecule has 0 aliphatic heterocycles. The lowest BCUT2D eigenvalue weighted by molar-refractivity contribution is -0.121. The topological polar surface area (TPSA) is 41.5 Å². The Morgan fingerprint density at radius 3 is 2.88 bits per heavy atom. The molecule has 1 amide bonds. The summed E-state index contributed by atoms with van der Waals surface area (Å²) < 4.78 is 0. The Bertz CT molecular complexity index is 369. The van der Waals surface area contributed by atoms with Crippen LogP contribution in [-0.4, -0.2) is 12.1 Å². The third-order valence-electron chi connectivity index (χ3n) is 2.01. The van der Waals surface area contributed by atoms with E-state index in [0.717, 1.165) is 11.3 Å². The Balaban J connectivity index is 2.39. The highest BCUT2D eigenvalue weighted by Crippen LogP contribution is 2.14. The van der Waals surface area contributed by atoms with E-state index < -0.39 is 0 Å². The average molecular weight is 238 g/mol. The number of nitrogens with one attached hydrogen (secondary N) is 1. The molecular weight excluding hydrogens is 220 g/mol. The van der Waals surface area contributed by atoms with E-state index >= 15 is 0 Å². The molecule has 16 heavy (non-hydrogen) atoms. The molecule has 0 aliphatic carbocycles. The Morgan fingerprint density at radius 1 is 1.56 bits per heavy atom. The molecule has 0 radical (unpaired) electrons. The highest BCUT2D eigenvalue weighted by atomic mass is 32.1. The van der Waals surface area contributed by atoms with Crippen LogP contribution >= 0.6 is 11.3 Å². The van der Waals surface area contributed by atoms with Crippen LogP contribution in [0.4, 0.5) is 0 Å². The second kappa shape index (κ2) is 6.43. The first-order valence-corrected chi connectivity index (χ1v) is 6.34. The number of carbonyl (C=O) groups is 1. The summed E-state index contributed by atoms with van der Waals surface area (Å²) in [5, 5.41) is 3.93. The first-order valence-electron chi connectivity index (χ1n) is 5.52. The monoisotopic (exact) mass is 238 g/mol. The second-order valence-corrected chi connectivity index (χ2v) is 5.25. The third-order valence-corrected chi connectivity index (χ3v) is 3.17. The number of aryl methyl sites for hydroxylation is 1. The molecule has 1 aromatic rings. The zero-order chi connectivity index (χ0) is 12.0. The smallest absolute Gasteiger partial charge is 0.240 e. The van der Waals surface area contributed by atoms with Gasteiger partial charge in [-0.2, -0.15) is 5.10 Å². The highest BCUT2D eigenvalue weighted by molar-refractivity contribution is 7.13. The molecule has 1 rings (SSSR count). The SMILES string of the molecule is CCc1ccc(C=NNC(=O)CC(C)C)s1. The van der Waals surface area contributed by atoms with Crippen molar-refractivity contribution >= 4 is 23.5 Å². The maximum Gasteiger partial charge on any atom is 0.240 e. The second-order valence-electron chi connectivity index (χ2n) is 4.05. The molecule has 0 aliphatic rings. The molecule has 0 bridgehead atoms. The van der Waals surface area contributed by atoms with Gasteiger partial charge in [-0.05, 0) is 24.5 Å². The van der Waals surface area contributed by atoms with Crippen molar-refractivity contribution in [3.8, 4) is 0 Å². The Morgan fingerprint density at radius 2 is 2.31 bits per heavy atom. The molecule has 0 fully saturated rings. The van der Waals surface area contributed by atoms with Crippen molar-refractivity contribution in [3.63, 3.8) is 0 Å². The highest BCUT2D eigenvalue weighted by Gasteiger charge is 2.02. The fraction of sp³-hybridized carbons (Fsp3) is 0.500. The number of thiophene rings is 1. The van der Waals surface area contributed by atoms with E-state index in [9.17, 15) is 4.79 Å². The Hall–Kier alpha value is -1.16. The summed E-state index contributed by atoms with van der Waals surface area (Å²) in [4.78, 5) is 13.7. The van der Waals surface area contributed by atoms with Crippen molar-refractivity contribution in [2.75, 3.05) is 0 Å². The maximum absolute atomic E-state index is 11.3. The number of carbonyl (C=O) groups excluding carboxylic acids is 1. The van der Waals surface area contributed by atoms with Crippen LogP contribution in [0.2, 0.25) is 0 Å². The van der Waals surface area contributed by atoms with Crippen LogP contribution in [-0.2, 0) is 11.2 Å². The Labute approximate surface area is 101 Å². The predicted octanol–water partition coefficient (Wildman–Crippen LogP) is 2.81.